The third kappa shape index (κ3) is 4.38. The van der Waals surface area contributed by atoms with Gasteiger partial charge in [0.25, 0.3) is 0 Å². The van der Waals surface area contributed by atoms with Gasteiger partial charge >= 0.3 is 6.03 Å². The molecule has 1 aliphatic heterocycles. The van der Waals surface area contributed by atoms with E-state index in [1.165, 1.54) is 0 Å². The van der Waals surface area contributed by atoms with Crippen molar-refractivity contribution in [1.29, 1.82) is 0 Å². The van der Waals surface area contributed by atoms with Crippen molar-refractivity contribution in [2.45, 2.75) is 25.1 Å². The zero-order valence-electron chi connectivity index (χ0n) is 15.0. The number of hydrogen-bond acceptors (Lipinski definition) is 4. The van der Waals surface area contributed by atoms with E-state index < -0.39 is 6.10 Å². The lowest BCUT2D eigenvalue weighted by molar-refractivity contribution is 0.0167. The second-order valence-corrected chi connectivity index (χ2v) is 7.20. The van der Waals surface area contributed by atoms with Gasteiger partial charge in [-0.2, -0.15) is 0 Å². The molecule has 0 saturated carbocycles. The monoisotopic (exact) mass is 377 g/mol. The molecule has 0 unspecified atom stereocenters. The lowest BCUT2D eigenvalue weighted by Crippen LogP contribution is -2.55. The minimum Gasteiger partial charge on any atom is -0.459 e. The maximum absolute atomic E-state index is 12.3. The second kappa shape index (κ2) is 8.12. The summed E-state index contributed by atoms with van der Waals surface area (Å²) in [7, 11) is 3.88. The Balaban J connectivity index is 1.54. The van der Waals surface area contributed by atoms with Crippen molar-refractivity contribution < 1.29 is 14.3 Å². The number of nitrogens with zero attached hydrogens (tertiary/aromatic N) is 2. The van der Waals surface area contributed by atoms with E-state index in [1.54, 1.807) is 4.90 Å². The molecule has 0 bridgehead atoms. The number of aliphatic hydroxyl groups is 1. The number of likely N-dealkylation sites (tertiary alicyclic amines) is 1. The van der Waals surface area contributed by atoms with Crippen LogP contribution in [-0.2, 0) is 6.54 Å². The molecule has 1 aromatic carbocycles. The topological polar surface area (TPSA) is 69.0 Å². The van der Waals surface area contributed by atoms with Crippen LogP contribution in [0.2, 0.25) is 5.02 Å². The summed E-state index contributed by atoms with van der Waals surface area (Å²) in [6.07, 6.45) is 0.212. The Kier molecular flexibility index (Phi) is 5.86. The lowest BCUT2D eigenvalue weighted by Gasteiger charge is -2.38. The summed E-state index contributed by atoms with van der Waals surface area (Å²) < 4.78 is 5.78. The summed E-state index contributed by atoms with van der Waals surface area (Å²) in [5.74, 6) is 1.37. The van der Waals surface area contributed by atoms with Gasteiger partial charge in [0.05, 0.1) is 12.6 Å². The second-order valence-electron chi connectivity index (χ2n) is 6.77. The summed E-state index contributed by atoms with van der Waals surface area (Å²) in [4.78, 5) is 16.0. The van der Waals surface area contributed by atoms with Crippen LogP contribution in [0.1, 0.15) is 12.2 Å². The molecule has 6 nitrogen and oxygen atoms in total. The van der Waals surface area contributed by atoms with Gasteiger partial charge < -0.3 is 24.6 Å². The quantitative estimate of drug-likeness (QED) is 0.859. The predicted octanol–water partition coefficient (Wildman–Crippen LogP) is 2.81. The van der Waals surface area contributed by atoms with Gasteiger partial charge in [-0.3, -0.25) is 0 Å². The van der Waals surface area contributed by atoms with Crippen LogP contribution < -0.4 is 5.32 Å². The highest BCUT2D eigenvalue weighted by molar-refractivity contribution is 6.30. The number of β-amino-alcohol motifs (C(OH)–C–C–N with tert-alkyl or cyclic N) is 1. The SMILES string of the molecule is CN(C)[C@H]1CCN(C(=O)NCc2ccc(-c3cccc(Cl)c3)o2)C[C@@H]1O. The minimum absolute atomic E-state index is 0.0874. The van der Waals surface area contributed by atoms with Gasteiger partial charge in [-0.1, -0.05) is 23.7 Å². The highest BCUT2D eigenvalue weighted by Gasteiger charge is 2.31. The molecule has 26 heavy (non-hydrogen) atoms. The molecule has 2 heterocycles. The summed E-state index contributed by atoms with van der Waals surface area (Å²) >= 11 is 6.00. The number of nitrogens with one attached hydrogen (secondary N) is 1. The summed E-state index contributed by atoms with van der Waals surface area (Å²) in [5, 5.41) is 13.7. The predicted molar refractivity (Wildman–Crippen MR) is 101 cm³/mol. The number of carbonyl (C=O) groups is 1. The van der Waals surface area contributed by atoms with E-state index in [4.69, 9.17) is 16.0 Å². The van der Waals surface area contributed by atoms with Crippen molar-refractivity contribution in [1.82, 2.24) is 15.1 Å². The fourth-order valence-electron chi connectivity index (χ4n) is 3.25. The number of likely N-dealkylation sites (N-methyl/N-ethyl adjacent to an activating group) is 1. The van der Waals surface area contributed by atoms with E-state index in [9.17, 15) is 9.90 Å². The molecule has 1 aromatic heterocycles. The minimum atomic E-state index is -0.539. The molecule has 1 fully saturated rings. The van der Waals surface area contributed by atoms with Crippen molar-refractivity contribution in [3.05, 3.63) is 47.2 Å². The lowest BCUT2D eigenvalue weighted by atomic mass is 10.0. The van der Waals surface area contributed by atoms with Crippen LogP contribution in [0.4, 0.5) is 4.79 Å². The number of aliphatic hydroxyl groups excluding tert-OH is 1. The van der Waals surface area contributed by atoms with E-state index in [0.29, 0.717) is 36.2 Å². The number of halogens is 1. The Morgan fingerprint density at radius 1 is 1.38 bits per heavy atom. The van der Waals surface area contributed by atoms with Crippen LogP contribution in [0, 0.1) is 0 Å². The molecule has 0 spiro atoms. The molecule has 2 amide bonds. The van der Waals surface area contributed by atoms with Crippen LogP contribution in [0.15, 0.2) is 40.8 Å². The number of benzene rings is 1. The largest absolute Gasteiger partial charge is 0.459 e. The van der Waals surface area contributed by atoms with Crippen LogP contribution in [0.5, 0.6) is 0 Å². The van der Waals surface area contributed by atoms with E-state index in [2.05, 4.69) is 5.32 Å². The van der Waals surface area contributed by atoms with E-state index in [-0.39, 0.29) is 12.1 Å². The maximum Gasteiger partial charge on any atom is 0.317 e. The number of amides is 2. The van der Waals surface area contributed by atoms with Crippen LogP contribution in [-0.4, -0.2) is 60.3 Å². The Morgan fingerprint density at radius 2 is 2.19 bits per heavy atom. The van der Waals surface area contributed by atoms with Crippen LogP contribution in [0.3, 0.4) is 0 Å². The number of rotatable bonds is 4. The van der Waals surface area contributed by atoms with Gasteiger partial charge in [-0.25, -0.2) is 4.79 Å². The third-order valence-electron chi connectivity index (χ3n) is 4.68. The maximum atomic E-state index is 12.3. The zero-order valence-corrected chi connectivity index (χ0v) is 15.7. The zero-order chi connectivity index (χ0) is 18.7. The smallest absolute Gasteiger partial charge is 0.317 e. The van der Waals surface area contributed by atoms with E-state index >= 15 is 0 Å². The van der Waals surface area contributed by atoms with Crippen molar-refractivity contribution in [3.63, 3.8) is 0 Å². The molecule has 2 N–H and O–H groups in total. The van der Waals surface area contributed by atoms with E-state index in [0.717, 1.165) is 12.0 Å². The number of hydrogen-bond donors (Lipinski definition) is 2. The van der Waals surface area contributed by atoms with Gasteiger partial charge in [-0.15, -0.1) is 0 Å². The number of carbonyl (C=O) groups excluding carboxylic acids is 1. The van der Waals surface area contributed by atoms with Crippen LogP contribution >= 0.6 is 11.6 Å². The fourth-order valence-corrected chi connectivity index (χ4v) is 3.44. The Bertz CT molecular complexity index is 762. The van der Waals surface area contributed by atoms with Crippen molar-refractivity contribution in [2.24, 2.45) is 0 Å². The number of furan rings is 1. The average molecular weight is 378 g/mol. The van der Waals surface area contributed by atoms with Gasteiger partial charge in [0.15, 0.2) is 0 Å². The molecule has 1 aliphatic rings. The first-order valence-corrected chi connectivity index (χ1v) is 9.04. The van der Waals surface area contributed by atoms with Crippen molar-refractivity contribution >= 4 is 17.6 Å². The summed E-state index contributed by atoms with van der Waals surface area (Å²) in [6, 6.07) is 11.0. The van der Waals surface area contributed by atoms with Crippen molar-refractivity contribution in [2.75, 3.05) is 27.2 Å². The van der Waals surface area contributed by atoms with Gasteiger partial charge in [-0.05, 0) is 44.8 Å². The van der Waals surface area contributed by atoms with Gasteiger partial charge in [0.2, 0.25) is 0 Å². The fraction of sp³-hybridized carbons (Fsp3) is 0.421. The molecular weight excluding hydrogens is 354 g/mol. The Labute approximate surface area is 158 Å². The molecule has 1 saturated heterocycles. The first kappa shape index (κ1) is 18.8. The van der Waals surface area contributed by atoms with Gasteiger partial charge in [0, 0.05) is 29.7 Å². The molecule has 140 valence electrons. The first-order valence-electron chi connectivity index (χ1n) is 8.66. The molecule has 7 heteroatoms. The number of piperidine rings is 1. The number of urea groups is 1. The Morgan fingerprint density at radius 3 is 2.88 bits per heavy atom. The Hall–Kier alpha value is -2.02. The van der Waals surface area contributed by atoms with E-state index in [1.807, 2.05) is 55.4 Å². The standard InChI is InChI=1S/C19H24ClN3O3/c1-22(2)16-8-9-23(12-17(16)24)19(25)21-11-15-6-7-18(26-15)13-4-3-5-14(20)10-13/h3-7,10,16-17,24H,8-9,11-12H2,1-2H3,(H,21,25)/t16-,17-/m0/s1. The average Bonchev–Trinajstić information content (AvgIpc) is 3.08. The summed E-state index contributed by atoms with van der Waals surface area (Å²) in [5.41, 5.74) is 0.893. The third-order valence-corrected chi connectivity index (χ3v) is 4.92. The highest BCUT2D eigenvalue weighted by atomic mass is 35.5. The first-order chi connectivity index (χ1) is 12.4. The normalized spacial score (nSPS) is 20.4. The molecule has 0 aliphatic carbocycles. The summed E-state index contributed by atoms with van der Waals surface area (Å²) in [6.45, 7) is 1.25. The van der Waals surface area contributed by atoms with Crippen LogP contribution in [0.25, 0.3) is 11.3 Å². The molecular formula is C19H24ClN3O3. The molecule has 0 radical (unpaired) electrons. The molecule has 2 aromatic rings. The van der Waals surface area contributed by atoms with Gasteiger partial charge in [0.1, 0.15) is 11.5 Å². The van der Waals surface area contributed by atoms with Crippen molar-refractivity contribution in [3.8, 4) is 11.3 Å². The highest BCUT2D eigenvalue weighted by Crippen LogP contribution is 2.24. The molecule has 2 atom stereocenters. The molecule has 3 rings (SSSR count).